The predicted octanol–water partition coefficient (Wildman–Crippen LogP) is 10.0. The van der Waals surface area contributed by atoms with Crippen molar-refractivity contribution >= 4 is 25.7 Å². The molecule has 0 aliphatic carbocycles. The van der Waals surface area contributed by atoms with Crippen LogP contribution in [0.2, 0.25) is 0 Å². The average molecular weight is 784 g/mol. The molecule has 2 atom stereocenters. The number of carbonyl (C=O) groups is 3. The average Bonchev–Trinajstić information content (AvgIpc) is 3.14. The number of hydrogen-bond donors (Lipinski definition) is 3. The molecule has 12 heteroatoms. The van der Waals surface area contributed by atoms with Gasteiger partial charge in [-0.05, 0) is 77.0 Å². The summed E-state index contributed by atoms with van der Waals surface area (Å²) in [6, 6.07) is -1.47. The second-order valence-corrected chi connectivity index (χ2v) is 15.0. The molecule has 0 aromatic heterocycles. The number of phosphoric acid groups is 1. The summed E-state index contributed by atoms with van der Waals surface area (Å²) in [5.74, 6) is -1.94. The van der Waals surface area contributed by atoms with E-state index < -0.39 is 51.1 Å². The largest absolute Gasteiger partial charge is 0.469 e. The van der Waals surface area contributed by atoms with Crippen LogP contribution >= 0.6 is 7.82 Å². The van der Waals surface area contributed by atoms with E-state index in [1.165, 1.54) is 38.5 Å². The number of nitrogens with two attached hydrogens (primary N) is 1. The van der Waals surface area contributed by atoms with E-state index in [1.807, 2.05) is 0 Å². The summed E-state index contributed by atoms with van der Waals surface area (Å²) in [5, 5.41) is 0. The summed E-state index contributed by atoms with van der Waals surface area (Å²) in [5.41, 5.74) is 5.60. The zero-order valence-corrected chi connectivity index (χ0v) is 34.4. The van der Waals surface area contributed by atoms with Crippen molar-refractivity contribution in [3.63, 3.8) is 0 Å². The number of rotatable bonds is 37. The van der Waals surface area contributed by atoms with Crippen LogP contribution in [-0.4, -0.2) is 59.7 Å². The van der Waals surface area contributed by atoms with E-state index in [4.69, 9.17) is 29.7 Å². The van der Waals surface area contributed by atoms with Gasteiger partial charge in [0.25, 0.3) is 0 Å². The lowest BCUT2D eigenvalue weighted by Gasteiger charge is -2.19. The molecule has 0 aliphatic rings. The minimum absolute atomic E-state index is 0.171. The molecule has 0 spiro atoms. The van der Waals surface area contributed by atoms with E-state index >= 15 is 0 Å². The first kappa shape index (κ1) is 51.4. The van der Waals surface area contributed by atoms with E-state index in [2.05, 4.69) is 67.0 Å². The minimum Gasteiger partial charge on any atom is -0.462 e. The summed E-state index contributed by atoms with van der Waals surface area (Å²) < 4.78 is 31.1. The van der Waals surface area contributed by atoms with Crippen LogP contribution in [0.15, 0.2) is 48.6 Å². The van der Waals surface area contributed by atoms with E-state index in [9.17, 15) is 18.9 Å². The molecule has 312 valence electrons. The molecular weight excluding hydrogens is 709 g/mol. The highest BCUT2D eigenvalue weighted by Gasteiger charge is 2.24. The van der Waals surface area contributed by atoms with E-state index in [1.54, 1.807) is 0 Å². The van der Waals surface area contributed by atoms with Crippen molar-refractivity contribution in [2.75, 3.05) is 19.8 Å². The fourth-order valence-corrected chi connectivity index (χ4v) is 5.66. The number of hydrogen-bond acceptors (Lipinski definition) is 9. The van der Waals surface area contributed by atoms with Crippen molar-refractivity contribution in [3.05, 3.63) is 48.6 Å². The van der Waals surface area contributed by atoms with Gasteiger partial charge in [-0.1, -0.05) is 127 Å². The van der Waals surface area contributed by atoms with Crippen molar-refractivity contribution < 1.29 is 47.5 Å². The summed E-state index contributed by atoms with van der Waals surface area (Å²) in [6.45, 7) is 2.93. The van der Waals surface area contributed by atoms with Crippen molar-refractivity contribution in [2.45, 2.75) is 180 Å². The smallest absolute Gasteiger partial charge is 0.462 e. The molecule has 0 saturated heterocycles. The van der Waals surface area contributed by atoms with Gasteiger partial charge in [0.1, 0.15) is 19.3 Å². The monoisotopic (exact) mass is 784 g/mol. The van der Waals surface area contributed by atoms with Gasteiger partial charge in [0.2, 0.25) is 0 Å². The Morgan fingerprint density at radius 2 is 0.963 bits per heavy atom. The lowest BCUT2D eigenvalue weighted by Crippen LogP contribution is -2.39. The van der Waals surface area contributed by atoms with Gasteiger partial charge in [-0.15, -0.1) is 0 Å². The van der Waals surface area contributed by atoms with Crippen LogP contribution in [0.4, 0.5) is 0 Å². The van der Waals surface area contributed by atoms with Gasteiger partial charge in [-0.2, -0.15) is 0 Å². The molecule has 0 heterocycles. The minimum atomic E-state index is -4.82. The molecule has 0 fully saturated rings. The predicted molar refractivity (Wildman–Crippen MR) is 216 cm³/mol. The first-order valence-electron chi connectivity index (χ1n) is 20.7. The fourth-order valence-electron chi connectivity index (χ4n) is 5.31. The number of ether oxygens (including phenoxy) is 3. The summed E-state index contributed by atoms with van der Waals surface area (Å²) in [6.07, 6.45) is 40.6. The Labute approximate surface area is 326 Å². The molecule has 0 aliphatic heterocycles. The molecular formula is C42H74NO10P. The second-order valence-electron chi connectivity index (χ2n) is 13.8. The van der Waals surface area contributed by atoms with Crippen LogP contribution in [0.1, 0.15) is 168 Å². The topological polar surface area (TPSA) is 172 Å². The zero-order chi connectivity index (χ0) is 40.0. The Hall–Kier alpha value is -2.56. The van der Waals surface area contributed by atoms with Crippen LogP contribution in [0, 0.1) is 0 Å². The Morgan fingerprint density at radius 3 is 1.43 bits per heavy atom. The summed E-state index contributed by atoms with van der Waals surface area (Å²) in [4.78, 5) is 54.9. The van der Waals surface area contributed by atoms with Crippen molar-refractivity contribution in [1.82, 2.24) is 0 Å². The van der Waals surface area contributed by atoms with Gasteiger partial charge in [0, 0.05) is 12.8 Å². The molecule has 4 N–H and O–H groups in total. The highest BCUT2D eigenvalue weighted by Crippen LogP contribution is 2.35. The zero-order valence-electron chi connectivity index (χ0n) is 33.6. The van der Waals surface area contributed by atoms with Crippen molar-refractivity contribution in [3.8, 4) is 0 Å². The van der Waals surface area contributed by atoms with Crippen molar-refractivity contribution in [1.29, 1.82) is 0 Å². The van der Waals surface area contributed by atoms with Crippen LogP contribution in [0.5, 0.6) is 0 Å². The van der Waals surface area contributed by atoms with Gasteiger partial charge < -0.3 is 29.7 Å². The SMILES string of the molecule is CCCCCC=CCC=CCCCCCCCC(=O)OCC(COC(=O)[C@@H](N)COP(=O)(O)O)OC(=O)CCCCCCCC=CCC=CCCCCC. The third-order valence-corrected chi connectivity index (χ3v) is 9.01. The van der Waals surface area contributed by atoms with E-state index in [-0.39, 0.29) is 19.4 Å². The van der Waals surface area contributed by atoms with Gasteiger partial charge in [0.15, 0.2) is 6.10 Å². The maximum absolute atomic E-state index is 12.6. The first-order chi connectivity index (χ1) is 26.1. The number of unbranched alkanes of at least 4 members (excludes halogenated alkanes) is 16. The molecule has 1 unspecified atom stereocenters. The summed E-state index contributed by atoms with van der Waals surface area (Å²) >= 11 is 0. The number of phosphoric ester groups is 1. The standard InChI is InChI=1S/C42H74NO10P/c1-3-5-7-9-11-13-15-17-19-21-23-25-27-29-31-33-40(44)50-35-38(36-51-42(46)39(43)37-52-54(47,48)49)53-41(45)34-32-30-28-26-24-22-20-18-16-14-12-10-8-6-4-2/h11-14,17-20,38-39H,3-10,15-16,21-37,43H2,1-2H3,(H2,47,48,49)/t38?,39-/m0/s1. The maximum atomic E-state index is 12.6. The third-order valence-electron chi connectivity index (χ3n) is 8.53. The van der Waals surface area contributed by atoms with E-state index in [0.717, 1.165) is 89.9 Å². The molecule has 0 radical (unpaired) electrons. The number of carbonyl (C=O) groups excluding carboxylic acids is 3. The molecule has 0 saturated carbocycles. The van der Waals surface area contributed by atoms with Crippen LogP contribution in [-0.2, 0) is 37.7 Å². The molecule has 0 bridgehead atoms. The fraction of sp³-hybridized carbons (Fsp3) is 0.738. The van der Waals surface area contributed by atoms with E-state index in [0.29, 0.717) is 12.8 Å². The summed E-state index contributed by atoms with van der Waals surface area (Å²) in [7, 11) is -4.82. The molecule has 11 nitrogen and oxygen atoms in total. The lowest BCUT2D eigenvalue weighted by molar-refractivity contribution is -0.167. The molecule has 0 aromatic rings. The third kappa shape index (κ3) is 37.7. The Balaban J connectivity index is 4.43. The molecule has 0 amide bonds. The Bertz CT molecular complexity index is 1100. The van der Waals surface area contributed by atoms with Gasteiger partial charge >= 0.3 is 25.7 Å². The Morgan fingerprint density at radius 1 is 0.556 bits per heavy atom. The highest BCUT2D eigenvalue weighted by molar-refractivity contribution is 7.46. The van der Waals surface area contributed by atoms with Crippen LogP contribution < -0.4 is 5.73 Å². The lowest BCUT2D eigenvalue weighted by atomic mass is 10.1. The maximum Gasteiger partial charge on any atom is 0.469 e. The number of allylic oxidation sites excluding steroid dienone is 8. The van der Waals surface area contributed by atoms with Crippen LogP contribution in [0.25, 0.3) is 0 Å². The van der Waals surface area contributed by atoms with Crippen molar-refractivity contribution in [2.24, 2.45) is 5.73 Å². The second kappa shape index (κ2) is 37.4. The quantitative estimate of drug-likeness (QED) is 0.0180. The Kier molecular flexibility index (Phi) is 35.6. The normalized spacial score (nSPS) is 13.4. The number of esters is 3. The first-order valence-corrected chi connectivity index (χ1v) is 22.2. The van der Waals surface area contributed by atoms with Gasteiger partial charge in [-0.3, -0.25) is 18.9 Å². The molecule has 54 heavy (non-hydrogen) atoms. The highest BCUT2D eigenvalue weighted by atomic mass is 31.2. The van der Waals surface area contributed by atoms with Gasteiger partial charge in [0.05, 0.1) is 6.61 Å². The van der Waals surface area contributed by atoms with Gasteiger partial charge in [-0.25, -0.2) is 4.57 Å². The van der Waals surface area contributed by atoms with Crippen LogP contribution in [0.3, 0.4) is 0 Å². The molecule has 0 rings (SSSR count). The molecule has 0 aromatic carbocycles.